The molecule has 9 nitrogen and oxygen atoms in total. The molecule has 0 fully saturated rings. The maximum absolute atomic E-state index is 12.8. The largest absolute Gasteiger partial charge is 0.384 e. The van der Waals surface area contributed by atoms with Crippen molar-refractivity contribution in [3.63, 3.8) is 0 Å². The average molecular weight is 430 g/mol. The Balaban J connectivity index is 1.96. The van der Waals surface area contributed by atoms with Gasteiger partial charge < -0.3 is 5.73 Å². The molecule has 158 valence electrons. The topological polar surface area (TPSA) is 133 Å². The number of para-hydroxylation sites is 1. The fourth-order valence-corrected chi connectivity index (χ4v) is 4.08. The number of aromatic amines is 1. The van der Waals surface area contributed by atoms with Gasteiger partial charge in [0.25, 0.3) is 11.1 Å². The van der Waals surface area contributed by atoms with Crippen molar-refractivity contribution in [2.45, 2.75) is 39.0 Å². The van der Waals surface area contributed by atoms with E-state index in [4.69, 9.17) is 5.73 Å². The molecule has 10 heteroatoms. The number of benzene rings is 1. The van der Waals surface area contributed by atoms with Gasteiger partial charge in [0.15, 0.2) is 10.9 Å². The number of rotatable bonds is 7. The third kappa shape index (κ3) is 4.09. The number of carbonyl (C=O) groups excluding carboxylic acids is 1. The highest BCUT2D eigenvalue weighted by atomic mass is 32.2. The van der Waals surface area contributed by atoms with Crippen LogP contribution in [-0.4, -0.2) is 30.6 Å². The number of thioether (sulfide) groups is 1. The Morgan fingerprint density at radius 2 is 1.90 bits per heavy atom. The minimum absolute atomic E-state index is 0.0917. The summed E-state index contributed by atoms with van der Waals surface area (Å²) in [6.45, 7) is 6.26. The number of ketones is 1. The third-order valence-electron chi connectivity index (χ3n) is 4.54. The second kappa shape index (κ2) is 8.70. The molecule has 0 aliphatic rings. The van der Waals surface area contributed by atoms with Crippen molar-refractivity contribution in [2.75, 3.05) is 11.5 Å². The Bertz CT molecular complexity index is 1290. The molecule has 0 saturated heterocycles. The van der Waals surface area contributed by atoms with Gasteiger partial charge in [-0.3, -0.25) is 28.5 Å². The van der Waals surface area contributed by atoms with Gasteiger partial charge in [0, 0.05) is 13.1 Å². The van der Waals surface area contributed by atoms with E-state index in [1.165, 1.54) is 9.13 Å². The zero-order valence-corrected chi connectivity index (χ0v) is 17.8. The van der Waals surface area contributed by atoms with Crippen LogP contribution < -0.4 is 22.5 Å². The second-order valence-corrected chi connectivity index (χ2v) is 8.14. The Kier molecular flexibility index (Phi) is 6.25. The molecule has 0 spiro atoms. The molecule has 1 aromatic carbocycles. The van der Waals surface area contributed by atoms with Gasteiger partial charge in [-0.2, -0.15) is 0 Å². The first-order chi connectivity index (χ1) is 14.2. The summed E-state index contributed by atoms with van der Waals surface area (Å²) in [4.78, 5) is 56.5. The number of nitrogens with zero attached hydrogens (tertiary/aromatic N) is 3. The predicted molar refractivity (Wildman–Crippen MR) is 117 cm³/mol. The van der Waals surface area contributed by atoms with Crippen molar-refractivity contribution in [2.24, 2.45) is 5.92 Å². The molecule has 0 unspecified atom stereocenters. The first kappa shape index (κ1) is 21.6. The number of carbonyl (C=O) groups is 1. The standard InChI is InChI=1S/C20H23N5O4S/c1-4-24-18(28)12-7-5-6-8-13(12)22-20(24)30-10-14(26)15-16(21)25(9-11(2)3)19(29)23-17(15)27/h5-8,11H,4,9-10,21H2,1-3H3,(H,23,27,29). The van der Waals surface area contributed by atoms with Crippen molar-refractivity contribution < 1.29 is 4.79 Å². The highest BCUT2D eigenvalue weighted by molar-refractivity contribution is 7.99. The molecule has 3 N–H and O–H groups in total. The van der Waals surface area contributed by atoms with Crippen molar-refractivity contribution in [3.8, 4) is 0 Å². The van der Waals surface area contributed by atoms with Crippen LogP contribution in [0.25, 0.3) is 10.9 Å². The van der Waals surface area contributed by atoms with E-state index in [0.717, 1.165) is 11.8 Å². The van der Waals surface area contributed by atoms with Gasteiger partial charge in [0.2, 0.25) is 0 Å². The minimum Gasteiger partial charge on any atom is -0.384 e. The van der Waals surface area contributed by atoms with E-state index < -0.39 is 17.0 Å². The van der Waals surface area contributed by atoms with Gasteiger partial charge in [-0.1, -0.05) is 37.7 Å². The summed E-state index contributed by atoms with van der Waals surface area (Å²) in [5.41, 5.74) is 4.62. The summed E-state index contributed by atoms with van der Waals surface area (Å²) in [5.74, 6) is -0.754. The van der Waals surface area contributed by atoms with Gasteiger partial charge in [0.05, 0.1) is 16.7 Å². The van der Waals surface area contributed by atoms with Gasteiger partial charge in [0.1, 0.15) is 11.4 Å². The fraction of sp³-hybridized carbons (Fsp3) is 0.350. The second-order valence-electron chi connectivity index (χ2n) is 7.20. The van der Waals surface area contributed by atoms with E-state index in [2.05, 4.69) is 9.97 Å². The molecular formula is C20H23N5O4S. The van der Waals surface area contributed by atoms with Crippen LogP contribution >= 0.6 is 11.8 Å². The summed E-state index contributed by atoms with van der Waals surface area (Å²) in [6.07, 6.45) is 0. The molecule has 30 heavy (non-hydrogen) atoms. The zero-order chi connectivity index (χ0) is 22.0. The smallest absolute Gasteiger partial charge is 0.329 e. The quantitative estimate of drug-likeness (QED) is 0.330. The third-order valence-corrected chi connectivity index (χ3v) is 5.52. The minimum atomic E-state index is -0.817. The van der Waals surface area contributed by atoms with Gasteiger partial charge >= 0.3 is 5.69 Å². The number of aromatic nitrogens is 4. The summed E-state index contributed by atoms with van der Waals surface area (Å²) in [6, 6.07) is 6.98. The van der Waals surface area contributed by atoms with Crippen LogP contribution in [0, 0.1) is 5.92 Å². The van der Waals surface area contributed by atoms with Crippen LogP contribution in [0.15, 0.2) is 43.8 Å². The van der Waals surface area contributed by atoms with Crippen LogP contribution in [0.3, 0.4) is 0 Å². The van der Waals surface area contributed by atoms with E-state index in [0.29, 0.717) is 22.6 Å². The van der Waals surface area contributed by atoms with Gasteiger partial charge in [-0.05, 0) is 25.0 Å². The van der Waals surface area contributed by atoms with E-state index >= 15 is 0 Å². The lowest BCUT2D eigenvalue weighted by Crippen LogP contribution is -2.37. The van der Waals surface area contributed by atoms with Crippen molar-refractivity contribution in [3.05, 3.63) is 61.0 Å². The van der Waals surface area contributed by atoms with Crippen molar-refractivity contribution >= 4 is 34.3 Å². The Hall–Kier alpha value is -3.14. The van der Waals surface area contributed by atoms with E-state index in [-0.39, 0.29) is 35.2 Å². The number of nitrogen functional groups attached to an aromatic ring is 1. The van der Waals surface area contributed by atoms with Crippen molar-refractivity contribution in [1.29, 1.82) is 0 Å². The van der Waals surface area contributed by atoms with E-state index in [9.17, 15) is 19.2 Å². The van der Waals surface area contributed by atoms with Crippen LogP contribution in [0.2, 0.25) is 0 Å². The molecule has 0 bridgehead atoms. The number of fused-ring (bicyclic) bond motifs is 1. The molecule has 2 aromatic heterocycles. The van der Waals surface area contributed by atoms with E-state index in [1.807, 2.05) is 20.8 Å². The first-order valence-corrected chi connectivity index (χ1v) is 10.5. The molecule has 0 amide bonds. The predicted octanol–water partition coefficient (Wildman–Crippen LogP) is 1.48. The number of H-pyrrole nitrogens is 1. The number of hydrogen-bond acceptors (Lipinski definition) is 7. The lowest BCUT2D eigenvalue weighted by Gasteiger charge is -2.14. The summed E-state index contributed by atoms with van der Waals surface area (Å²) >= 11 is 1.05. The summed E-state index contributed by atoms with van der Waals surface area (Å²) < 4.78 is 2.67. The molecule has 3 rings (SSSR count). The number of anilines is 1. The molecule has 0 radical (unpaired) electrons. The summed E-state index contributed by atoms with van der Waals surface area (Å²) in [7, 11) is 0. The maximum atomic E-state index is 12.8. The highest BCUT2D eigenvalue weighted by Gasteiger charge is 2.21. The molecular weight excluding hydrogens is 406 g/mol. The fourth-order valence-electron chi connectivity index (χ4n) is 3.14. The monoisotopic (exact) mass is 429 g/mol. The van der Waals surface area contributed by atoms with Crippen LogP contribution in [0.5, 0.6) is 0 Å². The number of nitrogens with two attached hydrogens (primary N) is 1. The van der Waals surface area contributed by atoms with Crippen LogP contribution in [-0.2, 0) is 13.1 Å². The lowest BCUT2D eigenvalue weighted by molar-refractivity contribution is 0.102. The number of nitrogens with one attached hydrogen (secondary N) is 1. The van der Waals surface area contributed by atoms with E-state index in [1.54, 1.807) is 24.3 Å². The molecule has 3 aromatic rings. The van der Waals surface area contributed by atoms with Gasteiger partial charge in [-0.15, -0.1) is 0 Å². The lowest BCUT2D eigenvalue weighted by atomic mass is 10.2. The average Bonchev–Trinajstić information content (AvgIpc) is 2.69. The van der Waals surface area contributed by atoms with Crippen LogP contribution in [0.1, 0.15) is 31.1 Å². The summed E-state index contributed by atoms with van der Waals surface area (Å²) in [5, 5.41) is 0.872. The zero-order valence-electron chi connectivity index (χ0n) is 17.0. The Morgan fingerprint density at radius 3 is 2.57 bits per heavy atom. The first-order valence-electron chi connectivity index (χ1n) is 9.52. The van der Waals surface area contributed by atoms with Gasteiger partial charge in [-0.25, -0.2) is 9.78 Å². The molecule has 0 saturated carbocycles. The Labute approximate surface area is 175 Å². The highest BCUT2D eigenvalue weighted by Crippen LogP contribution is 2.19. The Morgan fingerprint density at radius 1 is 1.20 bits per heavy atom. The van der Waals surface area contributed by atoms with Crippen molar-refractivity contribution in [1.82, 2.24) is 19.1 Å². The molecule has 0 aliphatic carbocycles. The molecule has 2 heterocycles. The number of Topliss-reactive ketones (excluding diaryl/α,β-unsaturated/α-hetero) is 1. The molecule has 0 atom stereocenters. The van der Waals surface area contributed by atoms with Crippen LogP contribution in [0.4, 0.5) is 5.82 Å². The SMILES string of the molecule is CCn1c(SCC(=O)c2c(N)n(CC(C)C)c(=O)[nH]c2=O)nc2ccccc2c1=O. The molecule has 0 aliphatic heterocycles. The normalized spacial score (nSPS) is 11.3. The number of hydrogen-bond donors (Lipinski definition) is 2. The maximum Gasteiger partial charge on any atom is 0.329 e.